The minimum absolute atomic E-state index is 0.0922. The second-order valence-corrected chi connectivity index (χ2v) is 7.55. The Kier molecular flexibility index (Phi) is 4.64. The number of nitrogens with one attached hydrogen (secondary N) is 1. The van der Waals surface area contributed by atoms with Crippen molar-refractivity contribution in [3.05, 3.63) is 0 Å². The zero-order valence-electron chi connectivity index (χ0n) is 11.1. The van der Waals surface area contributed by atoms with Crippen LogP contribution >= 0.6 is 11.5 Å². The second kappa shape index (κ2) is 6.06. The van der Waals surface area contributed by atoms with Gasteiger partial charge in [-0.25, -0.2) is 8.42 Å². The Morgan fingerprint density at radius 2 is 2.11 bits per heavy atom. The van der Waals surface area contributed by atoms with E-state index in [2.05, 4.69) is 14.6 Å². The molecule has 0 bridgehead atoms. The Balaban J connectivity index is 1.86. The van der Waals surface area contributed by atoms with Crippen molar-refractivity contribution in [1.82, 2.24) is 9.27 Å². The standard InChI is InChI=1S/C11H20N4O2S2/c1-19(16,17)9-10(12)14-18-11(9)13-5-4-8-15-6-2-3-7-15/h13H,2-8H2,1H3,(H2,12,14). The first kappa shape index (κ1) is 14.5. The molecule has 0 spiro atoms. The number of rotatable bonds is 6. The SMILES string of the molecule is CS(=O)(=O)c1c(N)nsc1NCCCN1CCCC1. The summed E-state index contributed by atoms with van der Waals surface area (Å²) < 4.78 is 27.1. The molecular weight excluding hydrogens is 284 g/mol. The highest BCUT2D eigenvalue weighted by Gasteiger charge is 2.21. The van der Waals surface area contributed by atoms with Crippen molar-refractivity contribution in [1.29, 1.82) is 0 Å². The number of likely N-dealkylation sites (tertiary alicyclic amines) is 1. The lowest BCUT2D eigenvalue weighted by Gasteiger charge is -2.14. The van der Waals surface area contributed by atoms with E-state index >= 15 is 0 Å². The molecule has 0 saturated carbocycles. The fourth-order valence-electron chi connectivity index (χ4n) is 2.28. The van der Waals surface area contributed by atoms with Crippen LogP contribution in [0.3, 0.4) is 0 Å². The molecule has 19 heavy (non-hydrogen) atoms. The highest BCUT2D eigenvalue weighted by Crippen LogP contribution is 2.31. The van der Waals surface area contributed by atoms with E-state index in [9.17, 15) is 8.42 Å². The summed E-state index contributed by atoms with van der Waals surface area (Å²) in [5.74, 6) is 0.0922. The lowest BCUT2D eigenvalue weighted by Crippen LogP contribution is -2.22. The Morgan fingerprint density at radius 1 is 1.42 bits per heavy atom. The third-order valence-corrected chi connectivity index (χ3v) is 5.28. The van der Waals surface area contributed by atoms with Crippen molar-refractivity contribution in [2.24, 2.45) is 0 Å². The molecule has 8 heteroatoms. The zero-order chi connectivity index (χ0) is 13.9. The number of hydrogen-bond acceptors (Lipinski definition) is 7. The minimum Gasteiger partial charge on any atom is -0.382 e. The molecular formula is C11H20N4O2S2. The van der Waals surface area contributed by atoms with Crippen molar-refractivity contribution in [2.45, 2.75) is 24.2 Å². The Morgan fingerprint density at radius 3 is 2.74 bits per heavy atom. The number of nitrogen functional groups attached to an aromatic ring is 1. The molecule has 1 aromatic rings. The molecule has 0 amide bonds. The largest absolute Gasteiger partial charge is 0.382 e. The first-order chi connectivity index (χ1) is 8.98. The van der Waals surface area contributed by atoms with Crippen molar-refractivity contribution in [3.63, 3.8) is 0 Å². The van der Waals surface area contributed by atoms with Gasteiger partial charge in [0.1, 0.15) is 9.90 Å². The average molecular weight is 304 g/mol. The summed E-state index contributed by atoms with van der Waals surface area (Å²) in [6, 6.07) is 0. The molecule has 1 saturated heterocycles. The second-order valence-electron chi connectivity index (χ2n) is 4.83. The molecule has 2 heterocycles. The van der Waals surface area contributed by atoms with Gasteiger partial charge in [0.05, 0.1) is 0 Å². The summed E-state index contributed by atoms with van der Waals surface area (Å²) in [6.07, 6.45) is 4.72. The van der Waals surface area contributed by atoms with Gasteiger partial charge in [-0.05, 0) is 50.4 Å². The van der Waals surface area contributed by atoms with Gasteiger partial charge in [-0.3, -0.25) is 0 Å². The molecule has 0 aromatic carbocycles. The van der Waals surface area contributed by atoms with E-state index in [1.54, 1.807) is 0 Å². The summed E-state index contributed by atoms with van der Waals surface area (Å²) in [7, 11) is -3.32. The summed E-state index contributed by atoms with van der Waals surface area (Å²) >= 11 is 1.11. The van der Waals surface area contributed by atoms with Crippen molar-refractivity contribution in [2.75, 3.05) is 43.5 Å². The Labute approximate surface area is 118 Å². The maximum Gasteiger partial charge on any atom is 0.182 e. The van der Waals surface area contributed by atoms with Crippen molar-refractivity contribution >= 4 is 32.2 Å². The normalized spacial score (nSPS) is 16.9. The van der Waals surface area contributed by atoms with Crippen LogP contribution < -0.4 is 11.1 Å². The van der Waals surface area contributed by atoms with E-state index in [4.69, 9.17) is 5.73 Å². The van der Waals surface area contributed by atoms with Gasteiger partial charge >= 0.3 is 0 Å². The Hall–Kier alpha value is -0.860. The van der Waals surface area contributed by atoms with Gasteiger partial charge in [0.2, 0.25) is 0 Å². The molecule has 1 fully saturated rings. The fourth-order valence-corrected chi connectivity index (χ4v) is 4.37. The van der Waals surface area contributed by atoms with Crippen molar-refractivity contribution in [3.8, 4) is 0 Å². The molecule has 108 valence electrons. The molecule has 1 aliphatic heterocycles. The van der Waals surface area contributed by atoms with Crippen molar-refractivity contribution < 1.29 is 8.42 Å². The minimum atomic E-state index is -3.32. The van der Waals surface area contributed by atoms with E-state index in [1.165, 1.54) is 25.9 Å². The van der Waals surface area contributed by atoms with E-state index in [1.807, 2.05) is 0 Å². The van der Waals surface area contributed by atoms with Crippen LogP contribution in [-0.4, -0.2) is 50.1 Å². The van der Waals surface area contributed by atoms with Gasteiger partial charge in [-0.2, -0.15) is 4.37 Å². The number of aromatic nitrogens is 1. The van der Waals surface area contributed by atoms with Gasteiger partial charge in [0.25, 0.3) is 0 Å². The molecule has 1 aromatic heterocycles. The predicted octanol–water partition coefficient (Wildman–Crippen LogP) is 1.03. The lowest BCUT2D eigenvalue weighted by molar-refractivity contribution is 0.337. The molecule has 0 radical (unpaired) electrons. The van der Waals surface area contributed by atoms with E-state index < -0.39 is 9.84 Å². The smallest absolute Gasteiger partial charge is 0.182 e. The van der Waals surface area contributed by atoms with Gasteiger partial charge in [0, 0.05) is 12.8 Å². The molecule has 3 N–H and O–H groups in total. The van der Waals surface area contributed by atoms with E-state index in [0.717, 1.165) is 37.3 Å². The molecule has 0 aliphatic carbocycles. The van der Waals surface area contributed by atoms with E-state index in [-0.39, 0.29) is 10.7 Å². The van der Waals surface area contributed by atoms with E-state index in [0.29, 0.717) is 5.00 Å². The van der Waals surface area contributed by atoms with Crippen LogP contribution in [0.15, 0.2) is 4.90 Å². The summed E-state index contributed by atoms with van der Waals surface area (Å²) in [5.41, 5.74) is 5.60. The quantitative estimate of drug-likeness (QED) is 0.763. The highest BCUT2D eigenvalue weighted by molar-refractivity contribution is 7.91. The summed E-state index contributed by atoms with van der Waals surface area (Å²) in [6.45, 7) is 4.15. The van der Waals surface area contributed by atoms with Crippen LogP contribution in [0.25, 0.3) is 0 Å². The fraction of sp³-hybridized carbons (Fsp3) is 0.727. The first-order valence-corrected chi connectivity index (χ1v) is 9.06. The first-order valence-electron chi connectivity index (χ1n) is 6.40. The maximum absolute atomic E-state index is 11.6. The number of nitrogens with two attached hydrogens (primary N) is 1. The molecule has 1 aliphatic rings. The van der Waals surface area contributed by atoms with Crippen LogP contribution in [0.2, 0.25) is 0 Å². The molecule has 0 atom stereocenters. The lowest BCUT2D eigenvalue weighted by atomic mass is 10.4. The number of sulfone groups is 1. The summed E-state index contributed by atoms with van der Waals surface area (Å²) in [5, 5.41) is 3.69. The maximum atomic E-state index is 11.6. The highest BCUT2D eigenvalue weighted by atomic mass is 32.2. The van der Waals surface area contributed by atoms with Crippen LogP contribution in [-0.2, 0) is 9.84 Å². The zero-order valence-corrected chi connectivity index (χ0v) is 12.7. The molecule has 0 unspecified atom stereocenters. The summed E-state index contributed by atoms with van der Waals surface area (Å²) in [4.78, 5) is 2.57. The topological polar surface area (TPSA) is 88.3 Å². The third kappa shape index (κ3) is 3.80. The van der Waals surface area contributed by atoms with Gasteiger partial charge in [0.15, 0.2) is 15.7 Å². The van der Waals surface area contributed by atoms with Gasteiger partial charge < -0.3 is 16.0 Å². The molecule has 6 nitrogen and oxygen atoms in total. The van der Waals surface area contributed by atoms with Crippen LogP contribution in [0, 0.1) is 0 Å². The van der Waals surface area contributed by atoms with Crippen LogP contribution in [0.5, 0.6) is 0 Å². The third-order valence-electron chi connectivity index (χ3n) is 3.18. The van der Waals surface area contributed by atoms with Crippen LogP contribution in [0.1, 0.15) is 19.3 Å². The number of anilines is 2. The molecule has 2 rings (SSSR count). The average Bonchev–Trinajstić information content (AvgIpc) is 2.93. The van der Waals surface area contributed by atoms with Gasteiger partial charge in [-0.15, -0.1) is 0 Å². The van der Waals surface area contributed by atoms with Gasteiger partial charge in [-0.1, -0.05) is 0 Å². The monoisotopic (exact) mass is 304 g/mol. The predicted molar refractivity (Wildman–Crippen MR) is 78.4 cm³/mol. The number of nitrogens with zero attached hydrogens (tertiary/aromatic N) is 2. The Bertz CT molecular complexity index is 521. The number of hydrogen-bond donors (Lipinski definition) is 2. The van der Waals surface area contributed by atoms with Crippen LogP contribution in [0.4, 0.5) is 10.8 Å².